The van der Waals surface area contributed by atoms with Crippen LogP contribution in [0.1, 0.15) is 27.7 Å². The summed E-state index contributed by atoms with van der Waals surface area (Å²) in [7, 11) is 0.523. The number of methoxy groups -OCH3 is 1. The zero-order chi connectivity index (χ0) is 15.7. The molecule has 0 aromatic carbocycles. The van der Waals surface area contributed by atoms with Crippen LogP contribution in [0.25, 0.3) is 0 Å². The molecule has 1 saturated heterocycles. The molecule has 0 atom stereocenters. The number of ether oxygens (including phenoxy) is 1. The number of esters is 1. The summed E-state index contributed by atoms with van der Waals surface area (Å²) in [6.07, 6.45) is 1.47. The standard InChI is InChI=1S/C14H20BClO4/c1-8-10(11(9(2)16)12(17)18-7)15-19-13(3,4)14(5,6)20-15/h8H,1-2H2,3-7H3/b11-10-. The molecule has 0 radical (unpaired) electrons. The molecule has 1 rings (SSSR count). The van der Waals surface area contributed by atoms with Gasteiger partial charge in [-0.15, -0.1) is 0 Å². The Morgan fingerprint density at radius 2 is 1.70 bits per heavy atom. The molecule has 0 N–H and O–H groups in total. The smallest absolute Gasteiger partial charge is 0.465 e. The Kier molecular flexibility index (Phi) is 4.90. The third-order valence-electron chi connectivity index (χ3n) is 3.68. The van der Waals surface area contributed by atoms with E-state index in [1.165, 1.54) is 13.2 Å². The molecule has 0 aliphatic carbocycles. The number of carbonyl (C=O) groups is 1. The Balaban J connectivity index is 3.30. The second kappa shape index (κ2) is 5.76. The van der Waals surface area contributed by atoms with Crippen LogP contribution in [0.5, 0.6) is 0 Å². The highest BCUT2D eigenvalue weighted by molar-refractivity contribution is 6.57. The molecule has 6 heteroatoms. The number of rotatable bonds is 4. The van der Waals surface area contributed by atoms with Crippen molar-refractivity contribution in [2.45, 2.75) is 38.9 Å². The Morgan fingerprint density at radius 3 is 2.00 bits per heavy atom. The van der Waals surface area contributed by atoms with Crippen molar-refractivity contribution in [1.29, 1.82) is 0 Å². The van der Waals surface area contributed by atoms with E-state index in [2.05, 4.69) is 13.2 Å². The number of allylic oxidation sites excluding steroid dienone is 2. The average Bonchev–Trinajstić information content (AvgIpc) is 2.53. The Hall–Kier alpha value is -1.04. The van der Waals surface area contributed by atoms with E-state index in [0.29, 0.717) is 5.47 Å². The summed E-state index contributed by atoms with van der Waals surface area (Å²) in [5, 5.41) is 0.0569. The first-order valence-corrected chi connectivity index (χ1v) is 6.60. The fourth-order valence-electron chi connectivity index (χ4n) is 1.77. The predicted octanol–water partition coefficient (Wildman–Crippen LogP) is 3.03. The first-order valence-electron chi connectivity index (χ1n) is 6.22. The maximum Gasteiger partial charge on any atom is 0.495 e. The molecule has 0 amide bonds. The zero-order valence-electron chi connectivity index (χ0n) is 12.6. The molecule has 0 saturated carbocycles. The summed E-state index contributed by atoms with van der Waals surface area (Å²) < 4.78 is 16.5. The maximum absolute atomic E-state index is 11.8. The minimum Gasteiger partial charge on any atom is -0.465 e. The van der Waals surface area contributed by atoms with Crippen molar-refractivity contribution in [3.8, 4) is 0 Å². The van der Waals surface area contributed by atoms with Crippen molar-refractivity contribution in [2.75, 3.05) is 7.11 Å². The van der Waals surface area contributed by atoms with E-state index in [9.17, 15) is 4.79 Å². The van der Waals surface area contributed by atoms with E-state index in [4.69, 9.17) is 25.6 Å². The molecule has 0 unspecified atom stereocenters. The van der Waals surface area contributed by atoms with Crippen LogP contribution in [-0.2, 0) is 18.8 Å². The molecule has 0 bridgehead atoms. The van der Waals surface area contributed by atoms with Crippen LogP contribution in [0.3, 0.4) is 0 Å². The lowest BCUT2D eigenvalue weighted by Gasteiger charge is -2.32. The van der Waals surface area contributed by atoms with E-state index in [0.717, 1.165) is 0 Å². The van der Waals surface area contributed by atoms with Gasteiger partial charge < -0.3 is 14.0 Å². The number of hydrogen-bond donors (Lipinski definition) is 0. The van der Waals surface area contributed by atoms with Gasteiger partial charge in [0.1, 0.15) is 0 Å². The zero-order valence-corrected chi connectivity index (χ0v) is 13.3. The molecular weight excluding hydrogens is 278 g/mol. The molecule has 1 aliphatic heterocycles. The highest BCUT2D eigenvalue weighted by Crippen LogP contribution is 2.40. The van der Waals surface area contributed by atoms with Crippen LogP contribution in [0.2, 0.25) is 0 Å². The number of carbonyl (C=O) groups excluding carboxylic acids is 1. The third kappa shape index (κ3) is 3.00. The summed E-state index contributed by atoms with van der Waals surface area (Å²) in [6.45, 7) is 15.0. The first-order chi connectivity index (χ1) is 9.07. The van der Waals surface area contributed by atoms with Gasteiger partial charge >= 0.3 is 13.1 Å². The van der Waals surface area contributed by atoms with Crippen molar-refractivity contribution < 1.29 is 18.8 Å². The van der Waals surface area contributed by atoms with Gasteiger partial charge in [0.05, 0.1) is 23.9 Å². The molecule has 1 heterocycles. The van der Waals surface area contributed by atoms with Gasteiger partial charge in [-0.2, -0.15) is 0 Å². The van der Waals surface area contributed by atoms with Crippen LogP contribution in [0.15, 0.2) is 35.3 Å². The molecule has 1 fully saturated rings. The SMILES string of the molecule is C=C/C(B1OC(C)(C)C(C)(C)O1)=C(\C(=C)Cl)C(=O)OC. The molecule has 0 aromatic heterocycles. The minimum absolute atomic E-state index is 0.0569. The topological polar surface area (TPSA) is 44.8 Å². The highest BCUT2D eigenvalue weighted by Gasteiger charge is 2.52. The maximum atomic E-state index is 11.8. The molecule has 0 aromatic rings. The largest absolute Gasteiger partial charge is 0.495 e. The second-order valence-corrected chi connectivity index (χ2v) is 5.98. The minimum atomic E-state index is -0.748. The van der Waals surface area contributed by atoms with Gasteiger partial charge in [-0.1, -0.05) is 30.8 Å². The molecule has 1 aliphatic rings. The second-order valence-electron chi connectivity index (χ2n) is 5.52. The van der Waals surface area contributed by atoms with E-state index >= 15 is 0 Å². The van der Waals surface area contributed by atoms with Gasteiger partial charge in [0.15, 0.2) is 0 Å². The van der Waals surface area contributed by atoms with Gasteiger partial charge in [0.2, 0.25) is 0 Å². The van der Waals surface area contributed by atoms with Gasteiger partial charge in [-0.25, -0.2) is 4.79 Å². The Bertz CT molecular complexity index is 464. The van der Waals surface area contributed by atoms with Crippen LogP contribution < -0.4 is 0 Å². The fraction of sp³-hybridized carbons (Fsp3) is 0.500. The summed E-state index contributed by atoms with van der Waals surface area (Å²) >= 11 is 5.90. The third-order valence-corrected chi connectivity index (χ3v) is 3.87. The fourth-order valence-corrected chi connectivity index (χ4v) is 1.96. The van der Waals surface area contributed by atoms with Gasteiger partial charge in [0, 0.05) is 5.03 Å². The first kappa shape index (κ1) is 17.0. The van der Waals surface area contributed by atoms with E-state index in [1.54, 1.807) is 0 Å². The van der Waals surface area contributed by atoms with Gasteiger partial charge in [0.25, 0.3) is 0 Å². The van der Waals surface area contributed by atoms with Crippen LogP contribution >= 0.6 is 11.6 Å². The lowest BCUT2D eigenvalue weighted by molar-refractivity contribution is -0.135. The summed E-state index contributed by atoms with van der Waals surface area (Å²) in [5.74, 6) is -0.602. The van der Waals surface area contributed by atoms with Crippen molar-refractivity contribution in [1.82, 2.24) is 0 Å². The van der Waals surface area contributed by atoms with E-state index < -0.39 is 24.3 Å². The lowest BCUT2D eigenvalue weighted by Crippen LogP contribution is -2.41. The van der Waals surface area contributed by atoms with Crippen molar-refractivity contribution in [2.24, 2.45) is 0 Å². The van der Waals surface area contributed by atoms with Crippen LogP contribution in [-0.4, -0.2) is 31.4 Å². The van der Waals surface area contributed by atoms with Gasteiger partial charge in [-0.05, 0) is 33.2 Å². The van der Waals surface area contributed by atoms with Crippen LogP contribution in [0.4, 0.5) is 0 Å². The Labute approximate surface area is 125 Å². The molecule has 4 nitrogen and oxygen atoms in total. The van der Waals surface area contributed by atoms with Gasteiger partial charge in [-0.3, -0.25) is 0 Å². The van der Waals surface area contributed by atoms with E-state index in [1.807, 2.05) is 27.7 Å². The quantitative estimate of drug-likeness (QED) is 0.346. The number of hydrogen-bond acceptors (Lipinski definition) is 4. The molecule has 110 valence electrons. The summed E-state index contributed by atoms with van der Waals surface area (Å²) in [4.78, 5) is 11.8. The van der Waals surface area contributed by atoms with E-state index in [-0.39, 0.29) is 10.6 Å². The number of halogens is 1. The Morgan fingerprint density at radius 1 is 1.25 bits per heavy atom. The van der Waals surface area contributed by atoms with Crippen molar-refractivity contribution in [3.63, 3.8) is 0 Å². The summed E-state index contributed by atoms with van der Waals surface area (Å²) in [6, 6.07) is 0. The van der Waals surface area contributed by atoms with Crippen LogP contribution in [0, 0.1) is 0 Å². The monoisotopic (exact) mass is 298 g/mol. The molecule has 20 heavy (non-hydrogen) atoms. The molecular formula is C14H20BClO4. The summed E-state index contributed by atoms with van der Waals surface area (Å²) in [5.41, 5.74) is -0.528. The average molecular weight is 299 g/mol. The predicted molar refractivity (Wildman–Crippen MR) is 80.3 cm³/mol. The highest BCUT2D eigenvalue weighted by atomic mass is 35.5. The normalized spacial score (nSPS) is 21.2. The van der Waals surface area contributed by atoms with Crippen molar-refractivity contribution >= 4 is 24.7 Å². The lowest BCUT2D eigenvalue weighted by atomic mass is 9.75. The molecule has 0 spiro atoms. The van der Waals surface area contributed by atoms with Crippen molar-refractivity contribution in [3.05, 3.63) is 35.3 Å².